The van der Waals surface area contributed by atoms with Crippen LogP contribution in [0.4, 0.5) is 34.1 Å². The number of rotatable bonds is 7. The minimum absolute atomic E-state index is 0.878. The average Bonchev–Trinajstić information content (AvgIpc) is 3.65. The summed E-state index contributed by atoms with van der Waals surface area (Å²) in [5.74, 6) is 0. The number of hydrogen-bond donors (Lipinski definition) is 0. The fourth-order valence-electron chi connectivity index (χ4n) is 9.05. The summed E-state index contributed by atoms with van der Waals surface area (Å²) in [7, 11) is -1.43. The highest BCUT2D eigenvalue weighted by atomic mass is 28.3. The smallest absolute Gasteiger partial charge is 0.137 e. The third kappa shape index (κ3) is 5.95. The molecule has 59 heavy (non-hydrogen) atoms. The zero-order valence-corrected chi connectivity index (χ0v) is 34.4. The molecule has 1 aromatic heterocycles. The first-order valence-electron chi connectivity index (χ1n) is 20.4. The largest absolute Gasteiger partial charge is 0.456 e. The molecule has 0 unspecified atom stereocenters. The second-order valence-corrected chi connectivity index (χ2v) is 21.7. The van der Waals surface area contributed by atoms with E-state index in [2.05, 4.69) is 217 Å². The highest BCUT2D eigenvalue weighted by Crippen LogP contribution is 2.45. The maximum absolute atomic E-state index is 6.38. The van der Waals surface area contributed by atoms with Crippen LogP contribution in [0.25, 0.3) is 65.0 Å². The van der Waals surface area contributed by atoms with Gasteiger partial charge in [0, 0.05) is 51.0 Å². The van der Waals surface area contributed by atoms with E-state index in [-0.39, 0.29) is 0 Å². The molecule has 0 aliphatic rings. The first-order chi connectivity index (χ1) is 28.9. The molecule has 0 amide bonds. The van der Waals surface area contributed by atoms with Crippen LogP contribution in [0.2, 0.25) is 19.6 Å². The molecular weight excluding hydrogens is 733 g/mol. The van der Waals surface area contributed by atoms with Crippen LogP contribution >= 0.6 is 0 Å². The van der Waals surface area contributed by atoms with E-state index in [1.54, 1.807) is 0 Å². The van der Waals surface area contributed by atoms with Gasteiger partial charge in [-0.2, -0.15) is 0 Å². The van der Waals surface area contributed by atoms with Gasteiger partial charge < -0.3 is 14.2 Å². The zero-order chi connectivity index (χ0) is 39.7. The molecule has 4 heteroatoms. The molecule has 0 fully saturated rings. The Bertz CT molecular complexity index is 3350. The van der Waals surface area contributed by atoms with Crippen molar-refractivity contribution in [3.63, 3.8) is 0 Å². The minimum Gasteiger partial charge on any atom is -0.456 e. The van der Waals surface area contributed by atoms with Gasteiger partial charge in [0.1, 0.15) is 11.2 Å². The average molecular weight is 775 g/mol. The Kier molecular flexibility index (Phi) is 8.17. The summed E-state index contributed by atoms with van der Waals surface area (Å²) in [6.45, 7) is 7.21. The van der Waals surface area contributed by atoms with Crippen LogP contribution in [0.3, 0.4) is 0 Å². The van der Waals surface area contributed by atoms with E-state index in [0.29, 0.717) is 0 Å². The van der Waals surface area contributed by atoms with Crippen molar-refractivity contribution < 1.29 is 4.42 Å². The SMILES string of the molecule is C[Si](C)(C)c1ccc(N(c2ccccc2)c2ccc3c(ccc4c5ccc(N(c6ccccc6)c6ccc7c(c6)oc6ccccc67)cc5c5ccccc5c34)c2)cc1. The lowest BCUT2D eigenvalue weighted by molar-refractivity contribution is 0.669. The van der Waals surface area contributed by atoms with Gasteiger partial charge in [0.05, 0.1) is 8.07 Å². The van der Waals surface area contributed by atoms with Crippen LogP contribution in [0.15, 0.2) is 205 Å². The van der Waals surface area contributed by atoms with Gasteiger partial charge in [-0.15, -0.1) is 0 Å². The van der Waals surface area contributed by atoms with Crippen LogP contribution in [0.1, 0.15) is 0 Å². The highest BCUT2D eigenvalue weighted by molar-refractivity contribution is 6.88. The Hall–Kier alpha value is -7.14. The van der Waals surface area contributed by atoms with Crippen molar-refractivity contribution >= 4 is 112 Å². The van der Waals surface area contributed by atoms with Crippen molar-refractivity contribution in [3.05, 3.63) is 200 Å². The van der Waals surface area contributed by atoms with Gasteiger partial charge >= 0.3 is 0 Å². The summed E-state index contributed by atoms with van der Waals surface area (Å²) in [6, 6.07) is 72.9. The quantitative estimate of drug-likeness (QED) is 0.119. The summed E-state index contributed by atoms with van der Waals surface area (Å²) >= 11 is 0. The molecule has 0 saturated carbocycles. The van der Waals surface area contributed by atoms with Gasteiger partial charge in [-0.1, -0.05) is 140 Å². The summed E-state index contributed by atoms with van der Waals surface area (Å²) in [5, 5.41) is 13.7. The number of fused-ring (bicyclic) bond motifs is 11. The molecule has 1 heterocycles. The van der Waals surface area contributed by atoms with Gasteiger partial charge in [0.2, 0.25) is 0 Å². The Morgan fingerprint density at radius 1 is 0.322 bits per heavy atom. The lowest BCUT2D eigenvalue weighted by atomic mass is 9.90. The van der Waals surface area contributed by atoms with Crippen molar-refractivity contribution in [1.82, 2.24) is 0 Å². The Balaban J connectivity index is 1.08. The third-order valence-corrected chi connectivity index (χ3v) is 14.0. The van der Waals surface area contributed by atoms with Gasteiger partial charge in [0.25, 0.3) is 0 Å². The normalized spacial score (nSPS) is 12.0. The molecule has 0 N–H and O–H groups in total. The third-order valence-electron chi connectivity index (χ3n) is 11.9. The summed E-state index contributed by atoms with van der Waals surface area (Å²) in [5.41, 5.74) is 8.45. The monoisotopic (exact) mass is 774 g/mol. The van der Waals surface area contributed by atoms with Crippen LogP contribution < -0.4 is 15.0 Å². The van der Waals surface area contributed by atoms with E-state index in [9.17, 15) is 0 Å². The fraction of sp³-hybridized carbons (Fsp3) is 0.0545. The maximum Gasteiger partial charge on any atom is 0.137 e. The van der Waals surface area contributed by atoms with Crippen molar-refractivity contribution in [3.8, 4) is 0 Å². The maximum atomic E-state index is 6.38. The van der Waals surface area contributed by atoms with Crippen LogP contribution in [0, 0.1) is 0 Å². The van der Waals surface area contributed by atoms with E-state index >= 15 is 0 Å². The number of nitrogens with zero attached hydrogens (tertiary/aromatic N) is 2. The standard InChI is InChI=1S/C55H42N2OSi/c1-59(2,3)44-28-23-40(24-29-44)56(38-14-6-4-7-15-38)41-25-31-45-37(34-41)22-30-51-47-32-26-42(35-52(47)46-18-10-11-20-50(46)55(45)51)57(39-16-8-5-9-17-39)43-27-33-49-48-19-12-13-21-53(48)58-54(49)36-43/h4-36H,1-3H3. The van der Waals surface area contributed by atoms with E-state index < -0.39 is 8.07 Å². The molecule has 3 nitrogen and oxygen atoms in total. The first kappa shape index (κ1) is 35.1. The van der Waals surface area contributed by atoms with Crippen LogP contribution in [-0.4, -0.2) is 8.07 Å². The van der Waals surface area contributed by atoms with Crippen LogP contribution in [-0.2, 0) is 0 Å². The summed E-state index contributed by atoms with van der Waals surface area (Å²) in [6.07, 6.45) is 0. The fourth-order valence-corrected chi connectivity index (χ4v) is 10.2. The van der Waals surface area contributed by atoms with E-state index in [4.69, 9.17) is 4.42 Å². The highest BCUT2D eigenvalue weighted by Gasteiger charge is 2.21. The molecule has 0 bridgehead atoms. The Morgan fingerprint density at radius 3 is 1.47 bits per heavy atom. The van der Waals surface area contributed by atoms with E-state index in [1.807, 2.05) is 12.1 Å². The molecule has 0 spiro atoms. The molecular formula is C55H42N2OSi. The van der Waals surface area contributed by atoms with E-state index in [0.717, 1.165) is 56.1 Å². The molecule has 0 aliphatic carbocycles. The van der Waals surface area contributed by atoms with Gasteiger partial charge in [-0.05, 0) is 122 Å². The molecule has 0 aliphatic heterocycles. The topological polar surface area (TPSA) is 19.6 Å². The Morgan fingerprint density at radius 2 is 0.780 bits per heavy atom. The molecule has 0 saturated heterocycles. The Labute approximate surface area is 345 Å². The predicted molar refractivity (Wildman–Crippen MR) is 256 cm³/mol. The van der Waals surface area contributed by atoms with Gasteiger partial charge in [0.15, 0.2) is 0 Å². The lowest BCUT2D eigenvalue weighted by Crippen LogP contribution is -2.37. The molecule has 0 atom stereocenters. The van der Waals surface area contributed by atoms with Crippen molar-refractivity contribution in [2.45, 2.75) is 19.6 Å². The van der Waals surface area contributed by atoms with Crippen molar-refractivity contribution in [2.75, 3.05) is 9.80 Å². The van der Waals surface area contributed by atoms with Crippen molar-refractivity contribution in [2.24, 2.45) is 0 Å². The number of furan rings is 1. The summed E-state index contributed by atoms with van der Waals surface area (Å²) < 4.78 is 6.38. The molecule has 11 aromatic rings. The number of anilines is 6. The minimum atomic E-state index is -1.43. The summed E-state index contributed by atoms with van der Waals surface area (Å²) in [4.78, 5) is 4.71. The molecule has 10 aromatic carbocycles. The molecule has 0 radical (unpaired) electrons. The van der Waals surface area contributed by atoms with E-state index in [1.165, 1.54) is 48.3 Å². The zero-order valence-electron chi connectivity index (χ0n) is 33.4. The second-order valence-electron chi connectivity index (χ2n) is 16.6. The molecule has 282 valence electrons. The molecule has 11 rings (SSSR count). The number of benzene rings is 10. The number of para-hydroxylation sites is 3. The number of hydrogen-bond acceptors (Lipinski definition) is 3. The van der Waals surface area contributed by atoms with Crippen LogP contribution in [0.5, 0.6) is 0 Å². The lowest BCUT2D eigenvalue weighted by Gasteiger charge is -2.27. The van der Waals surface area contributed by atoms with Crippen molar-refractivity contribution in [1.29, 1.82) is 0 Å². The first-order valence-corrected chi connectivity index (χ1v) is 23.9. The van der Waals surface area contributed by atoms with Gasteiger partial charge in [-0.3, -0.25) is 0 Å². The predicted octanol–water partition coefficient (Wildman–Crippen LogP) is 15.7. The van der Waals surface area contributed by atoms with Gasteiger partial charge in [-0.25, -0.2) is 0 Å². The second kappa shape index (κ2) is 13.8.